The molecule has 0 saturated carbocycles. The van der Waals surface area contributed by atoms with E-state index in [0.717, 1.165) is 16.8 Å². The van der Waals surface area contributed by atoms with Crippen molar-refractivity contribution in [2.75, 3.05) is 24.0 Å². The fourth-order valence-corrected chi connectivity index (χ4v) is 3.70. The molecule has 3 amide bonds. The average molecular weight is 479 g/mol. The van der Waals surface area contributed by atoms with E-state index in [1.54, 1.807) is 29.2 Å². The summed E-state index contributed by atoms with van der Waals surface area (Å²) < 4.78 is 11.1. The number of carbonyl (C=O) groups is 3. The summed E-state index contributed by atoms with van der Waals surface area (Å²) in [6, 6.07) is 13.7. The predicted molar refractivity (Wildman–Crippen MR) is 127 cm³/mol. The van der Waals surface area contributed by atoms with Gasteiger partial charge in [0.15, 0.2) is 0 Å². The number of aromatic nitrogens is 1. The number of anilines is 2. The minimum Gasteiger partial charge on any atom is -0.481 e. The number of aryl methyl sites for hydroxylation is 2. The summed E-state index contributed by atoms with van der Waals surface area (Å²) >= 11 is 0. The fourth-order valence-electron chi connectivity index (χ4n) is 3.70. The summed E-state index contributed by atoms with van der Waals surface area (Å²) in [5.41, 5.74) is 3.07. The molecule has 1 saturated heterocycles. The molecule has 10 heteroatoms. The highest BCUT2D eigenvalue weighted by Crippen LogP contribution is 2.27. The summed E-state index contributed by atoms with van der Waals surface area (Å²) in [6.07, 6.45) is 1.80. The zero-order valence-electron chi connectivity index (χ0n) is 19.2. The van der Waals surface area contributed by atoms with Gasteiger partial charge in [-0.05, 0) is 36.2 Å². The van der Waals surface area contributed by atoms with E-state index in [1.165, 1.54) is 6.20 Å². The van der Waals surface area contributed by atoms with Crippen LogP contribution in [-0.4, -0.2) is 46.2 Å². The Morgan fingerprint density at radius 1 is 1.11 bits per heavy atom. The van der Waals surface area contributed by atoms with Gasteiger partial charge in [0.25, 0.3) is 0 Å². The number of nitrogens with one attached hydrogen (secondary N) is 2. The molecule has 3 aromatic rings. The maximum atomic E-state index is 12.9. The first-order valence-corrected chi connectivity index (χ1v) is 11.1. The van der Waals surface area contributed by atoms with Crippen LogP contribution in [0.1, 0.15) is 35.2 Å². The molecule has 1 atom stereocenters. The second-order valence-corrected chi connectivity index (χ2v) is 8.21. The lowest BCUT2D eigenvalue weighted by molar-refractivity contribution is -0.137. The van der Waals surface area contributed by atoms with Crippen molar-refractivity contribution in [2.45, 2.75) is 32.2 Å². The summed E-state index contributed by atoms with van der Waals surface area (Å²) in [6.45, 7) is 2.29. The summed E-state index contributed by atoms with van der Waals surface area (Å²) in [5, 5.41) is 14.4. The van der Waals surface area contributed by atoms with Gasteiger partial charge >= 0.3 is 12.0 Å². The largest absolute Gasteiger partial charge is 0.481 e. The first-order valence-electron chi connectivity index (χ1n) is 11.1. The normalized spacial score (nSPS) is 15.1. The second-order valence-electron chi connectivity index (χ2n) is 8.21. The number of nitrogens with zero attached hydrogens (tertiary/aromatic N) is 2. The molecule has 1 aliphatic heterocycles. The van der Waals surface area contributed by atoms with Crippen molar-refractivity contribution in [1.82, 2.24) is 9.88 Å². The van der Waals surface area contributed by atoms with Gasteiger partial charge in [-0.3, -0.25) is 9.59 Å². The van der Waals surface area contributed by atoms with E-state index in [2.05, 4.69) is 15.6 Å². The van der Waals surface area contributed by atoms with Crippen LogP contribution in [0.4, 0.5) is 16.2 Å². The zero-order valence-corrected chi connectivity index (χ0v) is 19.2. The van der Waals surface area contributed by atoms with Crippen molar-refractivity contribution in [3.8, 4) is 0 Å². The molecule has 0 spiro atoms. The molecule has 10 nitrogen and oxygen atoms in total. The quantitative estimate of drug-likeness (QED) is 0.449. The van der Waals surface area contributed by atoms with Gasteiger partial charge in [0.1, 0.15) is 18.5 Å². The van der Waals surface area contributed by atoms with E-state index >= 15 is 0 Å². The number of hydrogen-bond acceptors (Lipinski definition) is 6. The Labute approximate surface area is 201 Å². The molecule has 35 heavy (non-hydrogen) atoms. The van der Waals surface area contributed by atoms with Gasteiger partial charge in [-0.2, -0.15) is 0 Å². The van der Waals surface area contributed by atoms with Crippen molar-refractivity contribution >= 4 is 29.3 Å². The molecule has 2 heterocycles. The topological polar surface area (TPSA) is 134 Å². The number of carbonyl (C=O) groups excluding carboxylic acids is 2. The van der Waals surface area contributed by atoms with Gasteiger partial charge in [-0.25, -0.2) is 9.78 Å². The van der Waals surface area contributed by atoms with Gasteiger partial charge in [0, 0.05) is 17.8 Å². The molecule has 1 aromatic heterocycles. The van der Waals surface area contributed by atoms with Crippen LogP contribution >= 0.6 is 0 Å². The van der Waals surface area contributed by atoms with Crippen molar-refractivity contribution in [1.29, 1.82) is 0 Å². The summed E-state index contributed by atoms with van der Waals surface area (Å²) in [4.78, 5) is 41.7. The third kappa shape index (κ3) is 6.24. The van der Waals surface area contributed by atoms with Crippen LogP contribution in [0, 0.1) is 6.92 Å². The number of carboxylic acid groups (broad SMARTS) is 1. The number of rotatable bonds is 8. The molecule has 4 rings (SSSR count). The average Bonchev–Trinajstić information content (AvgIpc) is 3.50. The van der Waals surface area contributed by atoms with Crippen LogP contribution in [0.15, 0.2) is 59.1 Å². The first kappa shape index (κ1) is 24.0. The number of para-hydroxylation sites is 1. The van der Waals surface area contributed by atoms with Crippen molar-refractivity contribution in [2.24, 2.45) is 0 Å². The SMILES string of the molecule is Cc1ccccc1NC(=O)Nc1ccc(CC(=O)N2COCC2c2ncc(CCC(=O)O)o2)cc1. The maximum absolute atomic E-state index is 12.9. The lowest BCUT2D eigenvalue weighted by Crippen LogP contribution is -2.32. The molecule has 182 valence electrons. The Morgan fingerprint density at radius 2 is 1.89 bits per heavy atom. The number of carboxylic acids is 1. The molecule has 0 bridgehead atoms. The third-order valence-electron chi connectivity index (χ3n) is 5.60. The van der Waals surface area contributed by atoms with Crippen LogP contribution in [0.5, 0.6) is 0 Å². The number of hydrogen-bond donors (Lipinski definition) is 3. The van der Waals surface area contributed by atoms with E-state index in [9.17, 15) is 14.4 Å². The minimum absolute atomic E-state index is 0.0587. The number of aliphatic carboxylic acids is 1. The Bertz CT molecular complexity index is 1210. The number of benzene rings is 2. The second kappa shape index (κ2) is 10.8. The van der Waals surface area contributed by atoms with Crippen LogP contribution in [0.3, 0.4) is 0 Å². The molecule has 1 unspecified atom stereocenters. The van der Waals surface area contributed by atoms with Crippen molar-refractivity contribution in [3.05, 3.63) is 77.5 Å². The number of urea groups is 1. The highest BCUT2D eigenvalue weighted by molar-refractivity contribution is 6.00. The Kier molecular flexibility index (Phi) is 7.41. The molecule has 1 fully saturated rings. The highest BCUT2D eigenvalue weighted by atomic mass is 16.5. The van der Waals surface area contributed by atoms with Gasteiger partial charge in [0.05, 0.1) is 25.6 Å². The predicted octanol–water partition coefficient (Wildman–Crippen LogP) is 3.74. The Morgan fingerprint density at radius 3 is 2.63 bits per heavy atom. The Hall–Kier alpha value is -4.18. The van der Waals surface area contributed by atoms with Crippen molar-refractivity contribution < 1.29 is 28.6 Å². The van der Waals surface area contributed by atoms with Crippen molar-refractivity contribution in [3.63, 3.8) is 0 Å². The number of amides is 3. The zero-order chi connectivity index (χ0) is 24.8. The highest BCUT2D eigenvalue weighted by Gasteiger charge is 2.34. The molecule has 0 radical (unpaired) electrons. The van der Waals surface area contributed by atoms with E-state index in [4.69, 9.17) is 14.3 Å². The van der Waals surface area contributed by atoms with E-state index in [0.29, 0.717) is 17.3 Å². The van der Waals surface area contributed by atoms with Gasteiger partial charge < -0.3 is 29.8 Å². The van der Waals surface area contributed by atoms with E-state index in [1.807, 2.05) is 31.2 Å². The number of ether oxygens (including phenoxy) is 1. The molecular formula is C25H26N4O6. The minimum atomic E-state index is -0.919. The molecule has 2 aromatic carbocycles. The van der Waals surface area contributed by atoms with Gasteiger partial charge in [0.2, 0.25) is 11.8 Å². The number of oxazole rings is 1. The monoisotopic (exact) mass is 478 g/mol. The maximum Gasteiger partial charge on any atom is 0.323 e. The van der Waals surface area contributed by atoms with E-state index < -0.39 is 12.0 Å². The smallest absolute Gasteiger partial charge is 0.323 e. The lowest BCUT2D eigenvalue weighted by atomic mass is 10.1. The molecule has 3 N–H and O–H groups in total. The van der Waals surface area contributed by atoms with Crippen LogP contribution in [0.25, 0.3) is 0 Å². The summed E-state index contributed by atoms with van der Waals surface area (Å²) in [5.74, 6) is -0.292. The molecule has 1 aliphatic rings. The van der Waals surface area contributed by atoms with E-state index in [-0.39, 0.29) is 44.5 Å². The standard InChI is InChI=1S/C25H26N4O6/c1-16-4-2-3-5-20(16)28-25(33)27-18-8-6-17(7-9-18)12-22(30)29-15-34-14-21(29)24-26-13-19(35-24)10-11-23(31)32/h2-9,13,21H,10-12,14-15H2,1H3,(H,31,32)(H2,27,28,33). The first-order chi connectivity index (χ1) is 16.9. The molecular weight excluding hydrogens is 452 g/mol. The third-order valence-corrected chi connectivity index (χ3v) is 5.60. The fraction of sp³-hybridized carbons (Fsp3) is 0.280. The van der Waals surface area contributed by atoms with Crippen LogP contribution < -0.4 is 10.6 Å². The lowest BCUT2D eigenvalue weighted by Gasteiger charge is -2.20. The summed E-state index contributed by atoms with van der Waals surface area (Å²) in [7, 11) is 0. The van der Waals surface area contributed by atoms with Gasteiger partial charge in [-0.1, -0.05) is 30.3 Å². The van der Waals surface area contributed by atoms with Crippen LogP contribution in [0.2, 0.25) is 0 Å². The Balaban J connectivity index is 1.32. The van der Waals surface area contributed by atoms with Gasteiger partial charge in [-0.15, -0.1) is 0 Å². The molecule has 0 aliphatic carbocycles. The van der Waals surface area contributed by atoms with Crippen LogP contribution in [-0.2, 0) is 27.2 Å².